The number of halogens is 1. The minimum absolute atomic E-state index is 0.114. The number of hydrogen-bond acceptors (Lipinski definition) is 3. The van der Waals surface area contributed by atoms with Gasteiger partial charge in [-0.3, -0.25) is 14.5 Å². The second kappa shape index (κ2) is 9.04. The molecular formula is C18H26ClN3O2. The van der Waals surface area contributed by atoms with E-state index in [1.807, 2.05) is 4.90 Å². The predicted molar refractivity (Wildman–Crippen MR) is 97.2 cm³/mol. The lowest BCUT2D eigenvalue weighted by Gasteiger charge is -2.36. The molecule has 1 atom stereocenters. The van der Waals surface area contributed by atoms with Crippen molar-refractivity contribution in [1.82, 2.24) is 9.80 Å². The molecule has 1 N–H and O–H groups in total. The third-order valence-electron chi connectivity index (χ3n) is 4.37. The first kappa shape index (κ1) is 18.7. The van der Waals surface area contributed by atoms with Gasteiger partial charge in [0.1, 0.15) is 0 Å². The van der Waals surface area contributed by atoms with Crippen molar-refractivity contribution in [1.29, 1.82) is 0 Å². The van der Waals surface area contributed by atoms with Crippen LogP contribution in [-0.2, 0) is 9.59 Å². The molecule has 2 amide bonds. The van der Waals surface area contributed by atoms with Crippen LogP contribution in [0.25, 0.3) is 0 Å². The van der Waals surface area contributed by atoms with Crippen molar-refractivity contribution in [3.05, 3.63) is 29.3 Å². The Kier molecular flexibility index (Phi) is 7.06. The third-order valence-corrected chi connectivity index (χ3v) is 4.62. The van der Waals surface area contributed by atoms with Crippen LogP contribution in [0, 0.1) is 0 Å². The molecule has 1 fully saturated rings. The zero-order valence-electron chi connectivity index (χ0n) is 14.4. The van der Waals surface area contributed by atoms with Crippen molar-refractivity contribution in [2.24, 2.45) is 0 Å². The van der Waals surface area contributed by atoms with E-state index >= 15 is 0 Å². The minimum atomic E-state index is -0.140. The van der Waals surface area contributed by atoms with Gasteiger partial charge in [-0.05, 0) is 57.0 Å². The predicted octanol–water partition coefficient (Wildman–Crippen LogP) is 3.00. The molecular weight excluding hydrogens is 326 g/mol. The van der Waals surface area contributed by atoms with E-state index in [4.69, 9.17) is 11.6 Å². The van der Waals surface area contributed by atoms with Crippen LogP contribution >= 0.6 is 11.6 Å². The van der Waals surface area contributed by atoms with E-state index in [1.165, 1.54) is 6.42 Å². The second-order valence-electron chi connectivity index (χ2n) is 6.37. The van der Waals surface area contributed by atoms with Gasteiger partial charge in [-0.2, -0.15) is 0 Å². The molecule has 1 aliphatic heterocycles. The fraction of sp³-hybridized carbons (Fsp3) is 0.556. The molecule has 132 valence electrons. The standard InChI is InChI=1S/C18H26ClN3O2/c1-3-16-6-4-5-11-22(16)18(24)13-21(2)12-17(23)20-15-9-7-14(19)8-10-15/h7-10,16H,3-6,11-13H2,1-2H3,(H,20,23)/t16-/m1/s1. The van der Waals surface area contributed by atoms with Crippen molar-refractivity contribution >= 4 is 29.1 Å². The molecule has 0 spiro atoms. The SMILES string of the molecule is CC[C@@H]1CCCCN1C(=O)CN(C)CC(=O)Nc1ccc(Cl)cc1. The van der Waals surface area contributed by atoms with Crippen LogP contribution in [0.2, 0.25) is 5.02 Å². The summed E-state index contributed by atoms with van der Waals surface area (Å²) in [5.74, 6) is -0.0262. The number of amides is 2. The molecule has 6 heteroatoms. The fourth-order valence-corrected chi connectivity index (χ4v) is 3.24. The summed E-state index contributed by atoms with van der Waals surface area (Å²) in [5, 5.41) is 3.44. The first-order valence-electron chi connectivity index (χ1n) is 8.53. The Hall–Kier alpha value is -1.59. The summed E-state index contributed by atoms with van der Waals surface area (Å²) in [6.45, 7) is 3.41. The van der Waals surface area contributed by atoms with Crippen LogP contribution in [0.4, 0.5) is 5.69 Å². The Morgan fingerprint density at radius 1 is 1.25 bits per heavy atom. The first-order chi connectivity index (χ1) is 11.5. The van der Waals surface area contributed by atoms with Gasteiger partial charge in [0.25, 0.3) is 0 Å². The van der Waals surface area contributed by atoms with Crippen LogP contribution < -0.4 is 5.32 Å². The number of rotatable bonds is 6. The zero-order chi connectivity index (χ0) is 17.5. The topological polar surface area (TPSA) is 52.7 Å². The number of nitrogens with zero attached hydrogens (tertiary/aromatic N) is 2. The Balaban J connectivity index is 1.81. The lowest BCUT2D eigenvalue weighted by Crippen LogP contribution is -2.48. The molecule has 0 aliphatic carbocycles. The summed E-state index contributed by atoms with van der Waals surface area (Å²) >= 11 is 5.82. The molecule has 5 nitrogen and oxygen atoms in total. The van der Waals surface area contributed by atoms with Crippen molar-refractivity contribution in [2.75, 3.05) is 32.0 Å². The monoisotopic (exact) mass is 351 g/mol. The van der Waals surface area contributed by atoms with Gasteiger partial charge in [-0.15, -0.1) is 0 Å². The smallest absolute Gasteiger partial charge is 0.238 e. The van der Waals surface area contributed by atoms with Crippen molar-refractivity contribution in [2.45, 2.75) is 38.6 Å². The van der Waals surface area contributed by atoms with Gasteiger partial charge in [0.2, 0.25) is 11.8 Å². The first-order valence-corrected chi connectivity index (χ1v) is 8.90. The van der Waals surface area contributed by atoms with Crippen molar-refractivity contribution < 1.29 is 9.59 Å². The van der Waals surface area contributed by atoms with Gasteiger partial charge in [0.15, 0.2) is 0 Å². The zero-order valence-corrected chi connectivity index (χ0v) is 15.2. The van der Waals surface area contributed by atoms with E-state index in [-0.39, 0.29) is 24.9 Å². The summed E-state index contributed by atoms with van der Waals surface area (Å²) in [6, 6.07) is 7.32. The van der Waals surface area contributed by atoms with E-state index in [2.05, 4.69) is 12.2 Å². The van der Waals surface area contributed by atoms with Crippen LogP contribution in [-0.4, -0.2) is 54.3 Å². The molecule has 1 heterocycles. The van der Waals surface area contributed by atoms with E-state index in [9.17, 15) is 9.59 Å². The number of benzene rings is 1. The quantitative estimate of drug-likeness (QED) is 0.857. The Morgan fingerprint density at radius 3 is 2.62 bits per heavy atom. The van der Waals surface area contributed by atoms with Crippen LogP contribution in [0.5, 0.6) is 0 Å². The maximum absolute atomic E-state index is 12.5. The number of carbonyl (C=O) groups excluding carboxylic acids is 2. The highest BCUT2D eigenvalue weighted by atomic mass is 35.5. The highest BCUT2D eigenvalue weighted by Crippen LogP contribution is 2.19. The third kappa shape index (κ3) is 5.49. The maximum atomic E-state index is 12.5. The highest BCUT2D eigenvalue weighted by Gasteiger charge is 2.26. The van der Waals surface area contributed by atoms with E-state index in [0.29, 0.717) is 16.8 Å². The maximum Gasteiger partial charge on any atom is 0.238 e. The summed E-state index contributed by atoms with van der Waals surface area (Å²) in [7, 11) is 1.80. The van der Waals surface area contributed by atoms with Gasteiger partial charge in [-0.25, -0.2) is 0 Å². The summed E-state index contributed by atoms with van der Waals surface area (Å²) < 4.78 is 0. The lowest BCUT2D eigenvalue weighted by atomic mass is 10.00. The number of carbonyl (C=O) groups is 2. The summed E-state index contributed by atoms with van der Waals surface area (Å²) in [4.78, 5) is 28.3. The van der Waals surface area contributed by atoms with Gasteiger partial charge in [-0.1, -0.05) is 18.5 Å². The van der Waals surface area contributed by atoms with Gasteiger partial charge in [0, 0.05) is 23.3 Å². The van der Waals surface area contributed by atoms with Gasteiger partial charge in [0.05, 0.1) is 13.1 Å². The van der Waals surface area contributed by atoms with Crippen LogP contribution in [0.1, 0.15) is 32.6 Å². The number of anilines is 1. The van der Waals surface area contributed by atoms with Crippen molar-refractivity contribution in [3.8, 4) is 0 Å². The number of likely N-dealkylation sites (N-methyl/N-ethyl adjacent to an activating group) is 1. The molecule has 0 unspecified atom stereocenters. The largest absolute Gasteiger partial charge is 0.339 e. The van der Waals surface area contributed by atoms with Crippen molar-refractivity contribution in [3.63, 3.8) is 0 Å². The van der Waals surface area contributed by atoms with E-state index in [0.717, 1.165) is 25.8 Å². The minimum Gasteiger partial charge on any atom is -0.339 e. The molecule has 1 aromatic rings. The fourth-order valence-electron chi connectivity index (χ4n) is 3.11. The number of likely N-dealkylation sites (tertiary alicyclic amines) is 1. The summed E-state index contributed by atoms with van der Waals surface area (Å²) in [6.07, 6.45) is 4.35. The van der Waals surface area contributed by atoms with E-state index < -0.39 is 0 Å². The number of nitrogens with one attached hydrogen (secondary N) is 1. The Labute approximate surface area is 149 Å². The highest BCUT2D eigenvalue weighted by molar-refractivity contribution is 6.30. The van der Waals surface area contributed by atoms with E-state index in [1.54, 1.807) is 36.2 Å². The summed E-state index contributed by atoms with van der Waals surface area (Å²) in [5.41, 5.74) is 0.700. The normalized spacial score (nSPS) is 17.8. The van der Waals surface area contributed by atoms with Crippen LogP contribution in [0.3, 0.4) is 0 Å². The van der Waals surface area contributed by atoms with Gasteiger partial charge < -0.3 is 10.2 Å². The second-order valence-corrected chi connectivity index (χ2v) is 6.81. The molecule has 0 bridgehead atoms. The Morgan fingerprint density at radius 2 is 1.96 bits per heavy atom. The molecule has 1 aliphatic rings. The molecule has 2 rings (SSSR count). The number of hydrogen-bond donors (Lipinski definition) is 1. The molecule has 1 aromatic carbocycles. The number of piperidine rings is 1. The average Bonchev–Trinajstić information content (AvgIpc) is 2.56. The molecule has 0 radical (unpaired) electrons. The molecule has 0 saturated carbocycles. The van der Waals surface area contributed by atoms with Gasteiger partial charge >= 0.3 is 0 Å². The lowest BCUT2D eigenvalue weighted by molar-refractivity contribution is -0.136. The molecule has 1 saturated heterocycles. The average molecular weight is 352 g/mol. The van der Waals surface area contributed by atoms with Crippen LogP contribution in [0.15, 0.2) is 24.3 Å². The molecule has 0 aromatic heterocycles. The Bertz CT molecular complexity index is 562. The molecule has 24 heavy (non-hydrogen) atoms.